The van der Waals surface area contributed by atoms with E-state index in [4.69, 9.17) is 19.4 Å². The molecule has 0 N–H and O–H groups in total. The third-order valence-electron chi connectivity index (χ3n) is 6.07. The fraction of sp³-hybridized carbons (Fsp3) is 0.346. The Kier molecular flexibility index (Phi) is 6.37. The lowest BCUT2D eigenvalue weighted by atomic mass is 10.1. The Morgan fingerprint density at radius 1 is 0.879 bits per heavy atom. The number of benzene rings is 2. The Morgan fingerprint density at radius 3 is 2.36 bits per heavy atom. The zero-order chi connectivity index (χ0) is 22.5. The molecule has 0 radical (unpaired) electrons. The lowest BCUT2D eigenvalue weighted by Crippen LogP contribution is -2.38. The fourth-order valence-corrected chi connectivity index (χ4v) is 4.26. The van der Waals surface area contributed by atoms with E-state index in [9.17, 15) is 4.79 Å². The second-order valence-corrected chi connectivity index (χ2v) is 8.43. The van der Waals surface area contributed by atoms with Gasteiger partial charge in [-0.2, -0.15) is 4.98 Å². The number of ether oxygens (including phenoxy) is 2. The molecule has 1 aromatic heterocycles. The predicted octanol–water partition coefficient (Wildman–Crippen LogP) is 4.95. The molecule has 7 nitrogen and oxygen atoms in total. The van der Waals surface area contributed by atoms with Crippen LogP contribution in [0.3, 0.4) is 0 Å². The molecule has 2 aromatic carbocycles. The molecule has 1 amide bonds. The molecule has 0 unspecified atom stereocenters. The van der Waals surface area contributed by atoms with Crippen molar-refractivity contribution in [3.05, 3.63) is 77.5 Å². The lowest BCUT2D eigenvalue weighted by Gasteiger charge is -2.31. The van der Waals surface area contributed by atoms with Gasteiger partial charge in [-0.15, -0.1) is 0 Å². The molecule has 1 saturated heterocycles. The van der Waals surface area contributed by atoms with Crippen LogP contribution < -0.4 is 9.64 Å². The van der Waals surface area contributed by atoms with Gasteiger partial charge in [-0.05, 0) is 37.0 Å². The van der Waals surface area contributed by atoms with Crippen LogP contribution in [-0.2, 0) is 24.3 Å². The molecule has 0 aliphatic carbocycles. The van der Waals surface area contributed by atoms with Crippen molar-refractivity contribution in [1.29, 1.82) is 0 Å². The molecule has 0 saturated carbocycles. The summed E-state index contributed by atoms with van der Waals surface area (Å²) in [5.74, 6) is 1.96. The summed E-state index contributed by atoms with van der Waals surface area (Å²) in [6.45, 7) is 3.09. The van der Waals surface area contributed by atoms with E-state index in [0.29, 0.717) is 31.1 Å². The minimum atomic E-state index is -0.338. The number of amides is 1. The van der Waals surface area contributed by atoms with Gasteiger partial charge in [0, 0.05) is 26.1 Å². The van der Waals surface area contributed by atoms with Crippen LogP contribution in [0, 0.1) is 0 Å². The monoisotopic (exact) mass is 444 g/mol. The maximum Gasteiger partial charge on any atom is 0.410 e. The summed E-state index contributed by atoms with van der Waals surface area (Å²) in [6, 6.07) is 19.3. The highest BCUT2D eigenvalue weighted by Crippen LogP contribution is 2.32. The minimum Gasteiger partial charge on any atom is -0.445 e. The number of anilines is 1. The molecule has 5 rings (SSSR count). The largest absolute Gasteiger partial charge is 0.445 e. The molecule has 1 fully saturated rings. The highest BCUT2D eigenvalue weighted by atomic mass is 16.6. The number of piperidine rings is 1. The van der Waals surface area contributed by atoms with E-state index in [1.165, 1.54) is 6.42 Å². The summed E-state index contributed by atoms with van der Waals surface area (Å²) in [6.07, 6.45) is 3.85. The van der Waals surface area contributed by atoms with Crippen LogP contribution >= 0.6 is 0 Å². The number of aromatic nitrogens is 2. The molecule has 170 valence electrons. The number of hydrogen-bond acceptors (Lipinski definition) is 6. The molecule has 3 heterocycles. The standard InChI is InChI=1S/C26H28N4O3/c31-26(32-19-20-10-4-1-5-11-20)30-17-14-23-22(18-30)24(33-21-12-6-2-7-13-21)28-25(27-23)29-15-8-3-9-16-29/h1-2,4-7,10-13H,3,8-9,14-19H2. The summed E-state index contributed by atoms with van der Waals surface area (Å²) < 4.78 is 11.8. The van der Waals surface area contributed by atoms with Crippen molar-refractivity contribution in [3.63, 3.8) is 0 Å². The third-order valence-corrected chi connectivity index (χ3v) is 6.07. The number of nitrogens with zero attached hydrogens (tertiary/aromatic N) is 4. The topological polar surface area (TPSA) is 67.8 Å². The summed E-state index contributed by atoms with van der Waals surface area (Å²) in [5.41, 5.74) is 2.76. The van der Waals surface area contributed by atoms with Crippen molar-refractivity contribution in [2.45, 2.75) is 38.8 Å². The van der Waals surface area contributed by atoms with E-state index < -0.39 is 0 Å². The average molecular weight is 445 g/mol. The van der Waals surface area contributed by atoms with Gasteiger partial charge in [0.2, 0.25) is 11.8 Å². The first kappa shape index (κ1) is 21.2. The average Bonchev–Trinajstić information content (AvgIpc) is 2.88. The first-order valence-corrected chi connectivity index (χ1v) is 11.6. The van der Waals surface area contributed by atoms with Gasteiger partial charge in [0.05, 0.1) is 17.8 Å². The Hall–Kier alpha value is -3.61. The maximum atomic E-state index is 12.8. The lowest BCUT2D eigenvalue weighted by molar-refractivity contribution is 0.0912. The van der Waals surface area contributed by atoms with Crippen LogP contribution in [0.25, 0.3) is 0 Å². The summed E-state index contributed by atoms with van der Waals surface area (Å²) >= 11 is 0. The predicted molar refractivity (Wildman–Crippen MR) is 125 cm³/mol. The van der Waals surface area contributed by atoms with Crippen LogP contribution in [0.5, 0.6) is 11.6 Å². The smallest absolute Gasteiger partial charge is 0.410 e. The van der Waals surface area contributed by atoms with Crippen LogP contribution in [0.2, 0.25) is 0 Å². The molecule has 33 heavy (non-hydrogen) atoms. The van der Waals surface area contributed by atoms with Crippen molar-refractivity contribution in [2.75, 3.05) is 24.5 Å². The van der Waals surface area contributed by atoms with Gasteiger partial charge >= 0.3 is 6.09 Å². The molecule has 7 heteroatoms. The quantitative estimate of drug-likeness (QED) is 0.554. The van der Waals surface area contributed by atoms with E-state index in [0.717, 1.165) is 48.7 Å². The van der Waals surface area contributed by atoms with Crippen LogP contribution in [-0.4, -0.2) is 40.6 Å². The van der Waals surface area contributed by atoms with Crippen molar-refractivity contribution in [3.8, 4) is 11.6 Å². The number of hydrogen-bond donors (Lipinski definition) is 0. The Balaban J connectivity index is 1.37. The van der Waals surface area contributed by atoms with Crippen molar-refractivity contribution in [2.24, 2.45) is 0 Å². The number of carbonyl (C=O) groups is 1. The zero-order valence-corrected chi connectivity index (χ0v) is 18.7. The molecular weight excluding hydrogens is 416 g/mol. The minimum absolute atomic E-state index is 0.251. The molecule has 2 aliphatic heterocycles. The van der Waals surface area contributed by atoms with Crippen molar-refractivity contribution in [1.82, 2.24) is 14.9 Å². The number of para-hydroxylation sites is 1. The van der Waals surface area contributed by atoms with Gasteiger partial charge in [-0.25, -0.2) is 9.78 Å². The molecule has 0 spiro atoms. The van der Waals surface area contributed by atoms with Gasteiger partial charge in [0.15, 0.2) is 0 Å². The number of rotatable bonds is 5. The fourth-order valence-electron chi connectivity index (χ4n) is 4.26. The third kappa shape index (κ3) is 5.08. The van der Waals surface area contributed by atoms with Gasteiger partial charge in [0.1, 0.15) is 12.4 Å². The summed E-state index contributed by atoms with van der Waals surface area (Å²) in [7, 11) is 0. The maximum absolute atomic E-state index is 12.8. The highest BCUT2D eigenvalue weighted by Gasteiger charge is 2.29. The van der Waals surface area contributed by atoms with E-state index >= 15 is 0 Å². The second kappa shape index (κ2) is 9.90. The summed E-state index contributed by atoms with van der Waals surface area (Å²) in [4.78, 5) is 26.4. The molecule has 2 aliphatic rings. The molecular formula is C26H28N4O3. The Bertz CT molecular complexity index is 1090. The van der Waals surface area contributed by atoms with E-state index in [1.807, 2.05) is 60.7 Å². The Labute approximate surface area is 194 Å². The van der Waals surface area contributed by atoms with E-state index in [1.54, 1.807) is 4.90 Å². The zero-order valence-electron chi connectivity index (χ0n) is 18.7. The van der Waals surface area contributed by atoms with Crippen LogP contribution in [0.15, 0.2) is 60.7 Å². The first-order chi connectivity index (χ1) is 16.3. The Morgan fingerprint density at radius 2 is 1.61 bits per heavy atom. The normalized spacial score (nSPS) is 15.6. The van der Waals surface area contributed by atoms with Crippen molar-refractivity contribution >= 4 is 12.0 Å². The van der Waals surface area contributed by atoms with Crippen LogP contribution in [0.4, 0.5) is 10.7 Å². The van der Waals surface area contributed by atoms with Gasteiger partial charge in [0.25, 0.3) is 0 Å². The molecule has 3 aromatic rings. The van der Waals surface area contributed by atoms with Gasteiger partial charge < -0.3 is 19.3 Å². The molecule has 0 bridgehead atoms. The van der Waals surface area contributed by atoms with Gasteiger partial charge in [-0.3, -0.25) is 0 Å². The van der Waals surface area contributed by atoms with Gasteiger partial charge in [-0.1, -0.05) is 48.5 Å². The molecule has 0 atom stereocenters. The van der Waals surface area contributed by atoms with Crippen molar-refractivity contribution < 1.29 is 14.3 Å². The van der Waals surface area contributed by atoms with E-state index in [2.05, 4.69) is 4.90 Å². The first-order valence-electron chi connectivity index (χ1n) is 11.6. The summed E-state index contributed by atoms with van der Waals surface area (Å²) in [5, 5.41) is 0. The van der Waals surface area contributed by atoms with Crippen LogP contribution in [0.1, 0.15) is 36.1 Å². The SMILES string of the molecule is O=C(OCc1ccccc1)N1CCc2nc(N3CCCCC3)nc(Oc3ccccc3)c2C1. The highest BCUT2D eigenvalue weighted by molar-refractivity contribution is 5.68. The van der Waals surface area contributed by atoms with E-state index in [-0.39, 0.29) is 12.7 Å². The number of carbonyl (C=O) groups excluding carboxylic acids is 1. The second-order valence-electron chi connectivity index (χ2n) is 8.43. The number of fused-ring (bicyclic) bond motifs is 1.